The molecule has 3 heteroatoms. The third-order valence-electron chi connectivity index (χ3n) is 3.95. The molecule has 0 saturated carbocycles. The maximum atomic E-state index is 13.0. The minimum absolute atomic E-state index is 0.0146. The van der Waals surface area contributed by atoms with E-state index in [1.165, 1.54) is 19.4 Å². The first-order valence-electron chi connectivity index (χ1n) is 6.93. The van der Waals surface area contributed by atoms with Crippen molar-refractivity contribution in [2.75, 3.05) is 0 Å². The van der Waals surface area contributed by atoms with Crippen molar-refractivity contribution in [1.82, 2.24) is 0 Å². The van der Waals surface area contributed by atoms with E-state index in [-0.39, 0.29) is 11.8 Å². The van der Waals surface area contributed by atoms with Crippen LogP contribution in [0.1, 0.15) is 56.9 Å². The Morgan fingerprint density at radius 1 is 0.900 bits per heavy atom. The van der Waals surface area contributed by atoms with Gasteiger partial charge in [0.25, 0.3) is 0 Å². The molecule has 0 bridgehead atoms. The van der Waals surface area contributed by atoms with Crippen LogP contribution < -0.4 is 0 Å². The lowest BCUT2D eigenvalue weighted by Crippen LogP contribution is -2.34. The zero-order chi connectivity index (χ0) is 15.9. The Balaban J connectivity index is 3.26. The first-order chi connectivity index (χ1) is 8.75. The van der Waals surface area contributed by atoms with Crippen molar-refractivity contribution in [2.24, 2.45) is 5.41 Å². The maximum absolute atomic E-state index is 13.0. The Bertz CT molecular complexity index is 488. The van der Waals surface area contributed by atoms with Gasteiger partial charge in [-0.05, 0) is 47.9 Å². The summed E-state index contributed by atoms with van der Waals surface area (Å²) < 4.78 is 39.1. The summed E-state index contributed by atoms with van der Waals surface area (Å²) in [5.74, 6) is 0. The molecule has 0 atom stereocenters. The molecule has 0 amide bonds. The molecule has 0 aromatic heterocycles. The van der Waals surface area contributed by atoms with Crippen molar-refractivity contribution in [3.63, 3.8) is 0 Å². The molecular weight excluding hydrogens is 261 g/mol. The SMILES string of the molecule is Cc1cc(CC(C)(C)C(F)(F)F)cc(C(C)(C)C)c1C. The Hall–Kier alpha value is -0.990. The highest BCUT2D eigenvalue weighted by Gasteiger charge is 2.47. The van der Waals surface area contributed by atoms with Crippen molar-refractivity contribution in [2.45, 2.75) is 66.5 Å². The van der Waals surface area contributed by atoms with Crippen LogP contribution in [0.3, 0.4) is 0 Å². The summed E-state index contributed by atoms with van der Waals surface area (Å²) in [4.78, 5) is 0. The van der Waals surface area contributed by atoms with Gasteiger partial charge >= 0.3 is 6.18 Å². The minimum Gasteiger partial charge on any atom is -0.171 e. The van der Waals surface area contributed by atoms with E-state index in [0.29, 0.717) is 0 Å². The van der Waals surface area contributed by atoms with Crippen LogP contribution in [0.2, 0.25) is 0 Å². The second-order valence-corrected chi connectivity index (χ2v) is 7.39. The molecule has 0 radical (unpaired) electrons. The predicted molar refractivity (Wildman–Crippen MR) is 78.2 cm³/mol. The number of hydrogen-bond acceptors (Lipinski definition) is 0. The van der Waals surface area contributed by atoms with Crippen molar-refractivity contribution in [3.05, 3.63) is 34.4 Å². The van der Waals surface area contributed by atoms with E-state index in [4.69, 9.17) is 0 Å². The van der Waals surface area contributed by atoms with E-state index in [0.717, 1.165) is 16.7 Å². The van der Waals surface area contributed by atoms with Crippen LogP contribution in [-0.4, -0.2) is 6.18 Å². The Morgan fingerprint density at radius 2 is 1.40 bits per heavy atom. The van der Waals surface area contributed by atoms with Crippen LogP contribution in [0.5, 0.6) is 0 Å². The third-order valence-corrected chi connectivity index (χ3v) is 3.95. The standard InChI is InChI=1S/C17H25F3/c1-11-8-13(10-16(6,7)17(18,19)20)9-14(12(11)2)15(3,4)5/h8-9H,10H2,1-7H3. The fourth-order valence-electron chi connectivity index (χ4n) is 2.43. The van der Waals surface area contributed by atoms with E-state index in [9.17, 15) is 13.2 Å². The van der Waals surface area contributed by atoms with Gasteiger partial charge in [0.15, 0.2) is 0 Å². The molecule has 0 fully saturated rings. The quantitative estimate of drug-likeness (QED) is 0.651. The largest absolute Gasteiger partial charge is 0.394 e. The number of aryl methyl sites for hydroxylation is 1. The monoisotopic (exact) mass is 286 g/mol. The lowest BCUT2D eigenvalue weighted by molar-refractivity contribution is -0.211. The summed E-state index contributed by atoms with van der Waals surface area (Å²) in [6.07, 6.45) is -4.17. The van der Waals surface area contributed by atoms with Crippen molar-refractivity contribution >= 4 is 0 Å². The van der Waals surface area contributed by atoms with Crippen molar-refractivity contribution < 1.29 is 13.2 Å². The number of halogens is 3. The average Bonchev–Trinajstić information content (AvgIpc) is 2.19. The second kappa shape index (κ2) is 5.09. The molecular formula is C17H25F3. The molecule has 20 heavy (non-hydrogen) atoms. The molecule has 0 aliphatic carbocycles. The molecule has 114 valence electrons. The van der Waals surface area contributed by atoms with Crippen LogP contribution in [0, 0.1) is 19.3 Å². The molecule has 0 heterocycles. The van der Waals surface area contributed by atoms with Gasteiger partial charge in [0.1, 0.15) is 0 Å². The Kier molecular flexibility index (Phi) is 4.34. The topological polar surface area (TPSA) is 0 Å². The van der Waals surface area contributed by atoms with Gasteiger partial charge in [-0.3, -0.25) is 0 Å². The normalized spacial score (nSPS) is 13.7. The van der Waals surface area contributed by atoms with E-state index in [2.05, 4.69) is 20.8 Å². The summed E-state index contributed by atoms with van der Waals surface area (Å²) in [5, 5.41) is 0. The fourth-order valence-corrected chi connectivity index (χ4v) is 2.43. The van der Waals surface area contributed by atoms with E-state index in [1.54, 1.807) is 0 Å². The Morgan fingerprint density at radius 3 is 1.80 bits per heavy atom. The average molecular weight is 286 g/mol. The minimum atomic E-state index is -4.19. The van der Waals surface area contributed by atoms with Gasteiger partial charge in [-0.2, -0.15) is 13.2 Å². The van der Waals surface area contributed by atoms with Gasteiger partial charge in [-0.15, -0.1) is 0 Å². The van der Waals surface area contributed by atoms with Crippen molar-refractivity contribution in [3.8, 4) is 0 Å². The number of alkyl halides is 3. The molecule has 0 spiro atoms. The zero-order valence-corrected chi connectivity index (χ0v) is 13.5. The first-order valence-corrected chi connectivity index (χ1v) is 6.93. The molecule has 0 saturated heterocycles. The van der Waals surface area contributed by atoms with Crippen LogP contribution in [-0.2, 0) is 11.8 Å². The Labute approximate surface area is 120 Å². The summed E-state index contributed by atoms with van der Waals surface area (Å²) >= 11 is 0. The highest BCUT2D eigenvalue weighted by molar-refractivity contribution is 5.41. The lowest BCUT2D eigenvalue weighted by Gasteiger charge is -2.30. The van der Waals surface area contributed by atoms with Crippen molar-refractivity contribution in [1.29, 1.82) is 0 Å². The smallest absolute Gasteiger partial charge is 0.171 e. The molecule has 0 aliphatic heterocycles. The van der Waals surface area contributed by atoms with E-state index in [1.807, 2.05) is 26.0 Å². The molecule has 0 aliphatic rings. The van der Waals surface area contributed by atoms with Crippen LogP contribution in [0.25, 0.3) is 0 Å². The van der Waals surface area contributed by atoms with Crippen LogP contribution in [0.4, 0.5) is 13.2 Å². The molecule has 1 aromatic carbocycles. The number of hydrogen-bond donors (Lipinski definition) is 0. The summed E-state index contributed by atoms with van der Waals surface area (Å²) in [6.45, 7) is 12.8. The maximum Gasteiger partial charge on any atom is 0.394 e. The van der Waals surface area contributed by atoms with Gasteiger partial charge in [0.2, 0.25) is 0 Å². The van der Waals surface area contributed by atoms with Gasteiger partial charge in [0.05, 0.1) is 5.41 Å². The van der Waals surface area contributed by atoms with Gasteiger partial charge < -0.3 is 0 Å². The third kappa shape index (κ3) is 3.56. The van der Waals surface area contributed by atoms with E-state index < -0.39 is 11.6 Å². The fraction of sp³-hybridized carbons (Fsp3) is 0.647. The van der Waals surface area contributed by atoms with Crippen LogP contribution in [0.15, 0.2) is 12.1 Å². The van der Waals surface area contributed by atoms with Gasteiger partial charge in [-0.25, -0.2) is 0 Å². The van der Waals surface area contributed by atoms with E-state index >= 15 is 0 Å². The first kappa shape index (κ1) is 17.1. The number of rotatable bonds is 2. The second-order valence-electron chi connectivity index (χ2n) is 7.39. The number of benzene rings is 1. The summed E-state index contributed by atoms with van der Waals surface area (Å²) in [5.41, 5.74) is 2.36. The van der Waals surface area contributed by atoms with Gasteiger partial charge in [0, 0.05) is 0 Å². The molecule has 1 aromatic rings. The molecule has 0 N–H and O–H groups in total. The lowest BCUT2D eigenvalue weighted by atomic mass is 9.78. The molecule has 0 nitrogen and oxygen atoms in total. The molecule has 0 unspecified atom stereocenters. The highest BCUT2D eigenvalue weighted by Crippen LogP contribution is 2.41. The van der Waals surface area contributed by atoms with Crippen LogP contribution >= 0.6 is 0 Å². The zero-order valence-electron chi connectivity index (χ0n) is 13.5. The predicted octanol–water partition coefficient (Wildman–Crippen LogP) is 5.73. The molecule has 1 rings (SSSR count). The highest BCUT2D eigenvalue weighted by atomic mass is 19.4. The summed E-state index contributed by atoms with van der Waals surface area (Å²) in [7, 11) is 0. The van der Waals surface area contributed by atoms with Gasteiger partial charge in [-0.1, -0.05) is 46.8 Å². The summed E-state index contributed by atoms with van der Waals surface area (Å²) in [6, 6.07) is 3.83.